The first-order valence-electron chi connectivity index (χ1n) is 6.20. The highest BCUT2D eigenvalue weighted by Crippen LogP contribution is 2.42. The quantitative estimate of drug-likeness (QED) is 0.338. The lowest BCUT2D eigenvalue weighted by Gasteiger charge is -2.13. The Balaban J connectivity index is 2.40. The maximum Gasteiger partial charge on any atom is 0.416 e. The average Bonchev–Trinajstić information content (AvgIpc) is 2.49. The molecule has 0 spiro atoms. The highest BCUT2D eigenvalue weighted by Gasteiger charge is 2.32. The first kappa shape index (κ1) is 18.7. The van der Waals surface area contributed by atoms with Crippen LogP contribution in [0.5, 0.6) is 11.5 Å². The number of nitrogens with zero attached hydrogens (tertiary/aromatic N) is 1. The number of nitro groups is 1. The van der Waals surface area contributed by atoms with E-state index in [0.29, 0.717) is 17.0 Å². The molecule has 2 aromatic carbocycles. The van der Waals surface area contributed by atoms with Gasteiger partial charge in [-0.3, -0.25) is 10.1 Å². The molecule has 0 aliphatic carbocycles. The number of alkyl halides is 3. The van der Waals surface area contributed by atoms with E-state index in [-0.39, 0.29) is 27.2 Å². The molecule has 0 amide bonds. The molecule has 0 unspecified atom stereocenters. The zero-order valence-corrected chi connectivity index (χ0v) is 14.2. The maximum atomic E-state index is 12.7. The lowest BCUT2D eigenvalue weighted by Crippen LogP contribution is -2.05. The Hall–Kier alpha value is -1.64. The molecule has 0 saturated heterocycles. The monoisotopic (exact) mass is 397 g/mol. The van der Waals surface area contributed by atoms with Crippen LogP contribution in [0, 0.1) is 10.1 Å². The third kappa shape index (κ3) is 4.06. The second kappa shape index (κ2) is 7.08. The molecule has 128 valence electrons. The van der Waals surface area contributed by atoms with Crippen LogP contribution in [-0.2, 0) is 6.18 Å². The SMILES string of the molecule is CSc1cc(Oc2c(Cl)cc(C(F)(F)F)cc2Cl)ccc1[N+](=O)[O-]. The van der Waals surface area contributed by atoms with E-state index in [1.807, 2.05) is 0 Å². The smallest absolute Gasteiger partial charge is 0.416 e. The number of halogens is 5. The average molecular weight is 398 g/mol. The highest BCUT2D eigenvalue weighted by molar-refractivity contribution is 7.98. The van der Waals surface area contributed by atoms with E-state index in [1.54, 1.807) is 6.26 Å². The summed E-state index contributed by atoms with van der Waals surface area (Å²) in [4.78, 5) is 10.7. The van der Waals surface area contributed by atoms with Gasteiger partial charge in [0.25, 0.3) is 5.69 Å². The molecule has 24 heavy (non-hydrogen) atoms. The van der Waals surface area contributed by atoms with Crippen molar-refractivity contribution < 1.29 is 22.8 Å². The van der Waals surface area contributed by atoms with E-state index < -0.39 is 16.7 Å². The molecule has 0 fully saturated rings. The van der Waals surface area contributed by atoms with Gasteiger partial charge < -0.3 is 4.74 Å². The van der Waals surface area contributed by atoms with Crippen molar-refractivity contribution in [3.63, 3.8) is 0 Å². The summed E-state index contributed by atoms with van der Waals surface area (Å²) in [6, 6.07) is 5.32. The number of rotatable bonds is 4. The molecule has 10 heteroatoms. The Labute approximate surface area is 148 Å². The van der Waals surface area contributed by atoms with Crippen LogP contribution in [-0.4, -0.2) is 11.2 Å². The van der Waals surface area contributed by atoms with Crippen LogP contribution in [0.4, 0.5) is 18.9 Å². The Morgan fingerprint density at radius 3 is 2.21 bits per heavy atom. The van der Waals surface area contributed by atoms with Gasteiger partial charge in [0.1, 0.15) is 5.75 Å². The fourth-order valence-corrected chi connectivity index (χ4v) is 2.96. The van der Waals surface area contributed by atoms with E-state index >= 15 is 0 Å². The Morgan fingerprint density at radius 2 is 1.75 bits per heavy atom. The number of nitro benzene ring substituents is 1. The van der Waals surface area contributed by atoms with Crippen LogP contribution in [0.3, 0.4) is 0 Å². The fourth-order valence-electron chi connectivity index (χ4n) is 1.81. The number of ether oxygens (including phenoxy) is 1. The second-order valence-corrected chi connectivity index (χ2v) is 6.12. The fraction of sp³-hybridized carbons (Fsp3) is 0.143. The minimum absolute atomic E-state index is 0.112. The van der Waals surface area contributed by atoms with Gasteiger partial charge in [-0.2, -0.15) is 13.2 Å². The first-order valence-corrected chi connectivity index (χ1v) is 8.18. The van der Waals surface area contributed by atoms with Crippen LogP contribution >= 0.6 is 35.0 Å². The van der Waals surface area contributed by atoms with Crippen molar-refractivity contribution in [3.05, 3.63) is 56.1 Å². The highest BCUT2D eigenvalue weighted by atomic mass is 35.5. The second-order valence-electron chi connectivity index (χ2n) is 4.46. The topological polar surface area (TPSA) is 52.4 Å². The summed E-state index contributed by atoms with van der Waals surface area (Å²) < 4.78 is 43.5. The number of hydrogen-bond donors (Lipinski definition) is 0. The van der Waals surface area contributed by atoms with Crippen molar-refractivity contribution in [2.24, 2.45) is 0 Å². The molecule has 0 aliphatic heterocycles. The zero-order valence-electron chi connectivity index (χ0n) is 11.9. The van der Waals surface area contributed by atoms with Gasteiger partial charge in [0.05, 0.1) is 25.4 Å². The van der Waals surface area contributed by atoms with Gasteiger partial charge in [-0.1, -0.05) is 23.2 Å². The predicted molar refractivity (Wildman–Crippen MR) is 86.4 cm³/mol. The van der Waals surface area contributed by atoms with Gasteiger partial charge in [0.15, 0.2) is 5.75 Å². The van der Waals surface area contributed by atoms with Gasteiger partial charge in [-0.25, -0.2) is 0 Å². The molecule has 0 heterocycles. The van der Waals surface area contributed by atoms with Crippen LogP contribution in [0.15, 0.2) is 35.2 Å². The predicted octanol–water partition coefficient (Wildman–Crippen LogP) is 6.43. The van der Waals surface area contributed by atoms with Crippen LogP contribution in [0.25, 0.3) is 0 Å². The first-order chi connectivity index (χ1) is 11.1. The van der Waals surface area contributed by atoms with Gasteiger partial charge in [-0.15, -0.1) is 11.8 Å². The molecule has 0 aliphatic rings. The summed E-state index contributed by atoms with van der Waals surface area (Å²) in [6.45, 7) is 0. The van der Waals surface area contributed by atoms with E-state index in [4.69, 9.17) is 27.9 Å². The normalized spacial score (nSPS) is 11.4. The largest absolute Gasteiger partial charge is 0.454 e. The lowest BCUT2D eigenvalue weighted by molar-refractivity contribution is -0.387. The van der Waals surface area contributed by atoms with E-state index in [2.05, 4.69) is 0 Å². The summed E-state index contributed by atoms with van der Waals surface area (Å²) in [7, 11) is 0. The van der Waals surface area contributed by atoms with E-state index in [0.717, 1.165) is 11.8 Å². The van der Waals surface area contributed by atoms with Crippen molar-refractivity contribution in [3.8, 4) is 11.5 Å². The maximum absolute atomic E-state index is 12.7. The molecule has 2 rings (SSSR count). The number of thioether (sulfide) groups is 1. The van der Waals surface area contributed by atoms with Crippen LogP contribution in [0.2, 0.25) is 10.0 Å². The molecule has 0 bridgehead atoms. The number of benzene rings is 2. The standard InChI is InChI=1S/C14H8Cl2F3NO3S/c1-24-12-6-8(2-3-11(12)20(21)22)23-13-9(15)4-7(5-10(13)16)14(17,18)19/h2-6H,1H3. The minimum atomic E-state index is -4.59. The van der Waals surface area contributed by atoms with Crippen LogP contribution in [0.1, 0.15) is 5.56 Å². The molecule has 0 saturated carbocycles. The molecule has 0 aromatic heterocycles. The number of hydrogen-bond acceptors (Lipinski definition) is 4. The van der Waals surface area contributed by atoms with Crippen molar-refractivity contribution in [2.45, 2.75) is 11.1 Å². The minimum Gasteiger partial charge on any atom is -0.454 e. The summed E-state index contributed by atoms with van der Waals surface area (Å²) in [5, 5.41) is 10.3. The van der Waals surface area contributed by atoms with Gasteiger partial charge in [0.2, 0.25) is 0 Å². The third-order valence-electron chi connectivity index (χ3n) is 2.89. The summed E-state index contributed by atoms with van der Waals surface area (Å²) >= 11 is 12.8. The Bertz CT molecular complexity index is 776. The third-order valence-corrected chi connectivity index (χ3v) is 4.22. The molecule has 4 nitrogen and oxygen atoms in total. The lowest BCUT2D eigenvalue weighted by atomic mass is 10.2. The van der Waals surface area contributed by atoms with Crippen molar-refractivity contribution in [2.75, 3.05) is 6.26 Å². The van der Waals surface area contributed by atoms with Crippen LogP contribution < -0.4 is 4.74 Å². The van der Waals surface area contributed by atoms with Gasteiger partial charge in [0, 0.05) is 12.1 Å². The van der Waals surface area contributed by atoms with Gasteiger partial charge >= 0.3 is 6.18 Å². The molecule has 2 aromatic rings. The zero-order chi connectivity index (χ0) is 18.1. The van der Waals surface area contributed by atoms with E-state index in [9.17, 15) is 23.3 Å². The molecule has 0 N–H and O–H groups in total. The van der Waals surface area contributed by atoms with Gasteiger partial charge in [-0.05, 0) is 24.5 Å². The molecular formula is C14H8Cl2F3NO3S. The van der Waals surface area contributed by atoms with Crippen molar-refractivity contribution in [1.82, 2.24) is 0 Å². The summed E-state index contributed by atoms with van der Waals surface area (Å²) in [5.74, 6) is 0.000693. The Kier molecular flexibility index (Phi) is 5.52. The van der Waals surface area contributed by atoms with E-state index in [1.165, 1.54) is 18.2 Å². The molecular weight excluding hydrogens is 390 g/mol. The van der Waals surface area contributed by atoms with Crippen molar-refractivity contribution in [1.29, 1.82) is 0 Å². The molecule has 0 radical (unpaired) electrons. The molecule has 0 atom stereocenters. The summed E-state index contributed by atoms with van der Waals surface area (Å²) in [6.07, 6.45) is -2.95. The summed E-state index contributed by atoms with van der Waals surface area (Å²) in [5.41, 5.74) is -1.11. The van der Waals surface area contributed by atoms with Crippen molar-refractivity contribution >= 4 is 40.7 Å². The Morgan fingerprint density at radius 1 is 1.17 bits per heavy atom.